The third-order valence-electron chi connectivity index (χ3n) is 5.65. The minimum Gasteiger partial charge on any atom is -0.495 e. The summed E-state index contributed by atoms with van der Waals surface area (Å²) in [6.07, 6.45) is 7.07. The summed E-state index contributed by atoms with van der Waals surface area (Å²) >= 11 is 6.12. The molecule has 1 aliphatic rings. The molecule has 3 N–H and O–H groups in total. The summed E-state index contributed by atoms with van der Waals surface area (Å²) in [6, 6.07) is 10.4. The van der Waals surface area contributed by atoms with E-state index in [0.717, 1.165) is 25.3 Å². The number of hydrogen-bond acceptors (Lipinski definition) is 5. The molecule has 0 saturated heterocycles. The fraction of sp³-hybridized carbons (Fsp3) is 0.391. The number of rotatable bonds is 8. The summed E-state index contributed by atoms with van der Waals surface area (Å²) in [5, 5.41) is -0.0505. The SMILES string of the molecule is COc1ccccc1NS(=O)(=O)c1cc(C(=O)NNC(=O)CCC2CCCCC2)ccc1Cl. The first kappa shape index (κ1) is 24.9. The Bertz CT molecular complexity index is 1100. The van der Waals surface area contributed by atoms with Gasteiger partial charge in [0.25, 0.3) is 15.9 Å². The van der Waals surface area contributed by atoms with E-state index in [-0.39, 0.29) is 27.1 Å². The number of hydrazine groups is 1. The van der Waals surface area contributed by atoms with E-state index in [0.29, 0.717) is 18.1 Å². The van der Waals surface area contributed by atoms with Gasteiger partial charge in [-0.1, -0.05) is 55.8 Å². The van der Waals surface area contributed by atoms with Crippen LogP contribution in [0.4, 0.5) is 5.69 Å². The predicted octanol–water partition coefficient (Wildman–Crippen LogP) is 4.27. The van der Waals surface area contributed by atoms with E-state index in [1.165, 1.54) is 38.5 Å². The number of carbonyl (C=O) groups excluding carboxylic acids is 2. The van der Waals surface area contributed by atoms with Gasteiger partial charge < -0.3 is 4.74 Å². The second kappa shape index (κ2) is 11.4. The highest BCUT2D eigenvalue weighted by molar-refractivity contribution is 7.92. The number of carbonyl (C=O) groups is 2. The van der Waals surface area contributed by atoms with Crippen molar-refractivity contribution in [2.24, 2.45) is 5.92 Å². The van der Waals surface area contributed by atoms with E-state index < -0.39 is 15.9 Å². The number of methoxy groups -OCH3 is 1. The summed E-state index contributed by atoms with van der Waals surface area (Å²) < 4.78 is 33.4. The molecule has 2 aromatic carbocycles. The molecule has 0 aliphatic heterocycles. The lowest BCUT2D eigenvalue weighted by atomic mass is 9.86. The van der Waals surface area contributed by atoms with Crippen molar-refractivity contribution in [1.29, 1.82) is 0 Å². The maximum absolute atomic E-state index is 12.9. The molecule has 1 aliphatic carbocycles. The zero-order valence-electron chi connectivity index (χ0n) is 18.4. The van der Waals surface area contributed by atoms with Gasteiger partial charge in [-0.05, 0) is 42.7 Å². The Morgan fingerprint density at radius 1 is 1.06 bits per heavy atom. The van der Waals surface area contributed by atoms with Gasteiger partial charge in [-0.2, -0.15) is 0 Å². The van der Waals surface area contributed by atoms with E-state index in [4.69, 9.17) is 16.3 Å². The minimum atomic E-state index is -4.11. The van der Waals surface area contributed by atoms with Crippen molar-refractivity contribution in [3.8, 4) is 5.75 Å². The lowest BCUT2D eigenvalue weighted by Crippen LogP contribution is -2.41. The van der Waals surface area contributed by atoms with Crippen LogP contribution in [0.15, 0.2) is 47.4 Å². The van der Waals surface area contributed by atoms with Crippen molar-refractivity contribution < 1.29 is 22.7 Å². The van der Waals surface area contributed by atoms with Crippen LogP contribution in [-0.2, 0) is 14.8 Å². The molecule has 0 atom stereocenters. The molecule has 3 rings (SSSR count). The average molecular weight is 494 g/mol. The van der Waals surface area contributed by atoms with Crippen molar-refractivity contribution in [2.75, 3.05) is 11.8 Å². The van der Waals surface area contributed by atoms with Crippen LogP contribution in [0.1, 0.15) is 55.3 Å². The number of nitrogens with one attached hydrogen (secondary N) is 3. The third-order valence-corrected chi connectivity index (χ3v) is 7.50. The van der Waals surface area contributed by atoms with E-state index in [2.05, 4.69) is 15.6 Å². The number of sulfonamides is 1. The Morgan fingerprint density at radius 2 is 1.79 bits per heavy atom. The normalized spacial score (nSPS) is 14.4. The molecule has 2 amide bonds. The van der Waals surface area contributed by atoms with Gasteiger partial charge in [0, 0.05) is 12.0 Å². The van der Waals surface area contributed by atoms with Gasteiger partial charge in [-0.15, -0.1) is 0 Å². The van der Waals surface area contributed by atoms with Gasteiger partial charge in [-0.3, -0.25) is 25.2 Å². The van der Waals surface area contributed by atoms with Crippen molar-refractivity contribution in [3.05, 3.63) is 53.1 Å². The maximum Gasteiger partial charge on any atom is 0.269 e. The van der Waals surface area contributed by atoms with Gasteiger partial charge in [0.15, 0.2) is 0 Å². The summed E-state index contributed by atoms with van der Waals surface area (Å²) in [7, 11) is -2.69. The van der Waals surface area contributed by atoms with Crippen LogP contribution < -0.4 is 20.3 Å². The topological polar surface area (TPSA) is 114 Å². The van der Waals surface area contributed by atoms with Crippen LogP contribution in [0, 0.1) is 5.92 Å². The second-order valence-electron chi connectivity index (χ2n) is 8.00. The molecule has 2 aromatic rings. The molecule has 0 unspecified atom stereocenters. The fourth-order valence-electron chi connectivity index (χ4n) is 3.85. The van der Waals surface area contributed by atoms with Gasteiger partial charge in [0.1, 0.15) is 10.6 Å². The molecule has 0 aromatic heterocycles. The number of halogens is 1. The van der Waals surface area contributed by atoms with Gasteiger partial charge in [0.05, 0.1) is 17.8 Å². The molecule has 0 radical (unpaired) electrons. The number of ether oxygens (including phenoxy) is 1. The largest absolute Gasteiger partial charge is 0.495 e. The molecule has 8 nitrogen and oxygen atoms in total. The third kappa shape index (κ3) is 6.85. The highest BCUT2D eigenvalue weighted by Crippen LogP contribution is 2.29. The van der Waals surface area contributed by atoms with Crippen LogP contribution in [0.2, 0.25) is 5.02 Å². The average Bonchev–Trinajstić information content (AvgIpc) is 2.82. The van der Waals surface area contributed by atoms with Crippen LogP contribution >= 0.6 is 11.6 Å². The first-order chi connectivity index (χ1) is 15.8. The van der Waals surface area contributed by atoms with E-state index in [1.807, 2.05) is 0 Å². The first-order valence-corrected chi connectivity index (χ1v) is 12.7. The molecular formula is C23H28ClN3O5S. The predicted molar refractivity (Wildman–Crippen MR) is 127 cm³/mol. The Kier molecular flexibility index (Phi) is 8.57. The Morgan fingerprint density at radius 3 is 2.52 bits per heavy atom. The molecule has 1 saturated carbocycles. The molecule has 1 fully saturated rings. The van der Waals surface area contributed by atoms with Crippen molar-refractivity contribution in [3.63, 3.8) is 0 Å². The van der Waals surface area contributed by atoms with E-state index in [9.17, 15) is 18.0 Å². The van der Waals surface area contributed by atoms with Crippen molar-refractivity contribution in [2.45, 2.75) is 49.8 Å². The second-order valence-corrected chi connectivity index (χ2v) is 10.1. The lowest BCUT2D eigenvalue weighted by molar-refractivity contribution is -0.122. The fourth-order valence-corrected chi connectivity index (χ4v) is 5.45. The van der Waals surface area contributed by atoms with Gasteiger partial charge >= 0.3 is 0 Å². The quantitative estimate of drug-likeness (QED) is 0.475. The summed E-state index contributed by atoms with van der Waals surface area (Å²) in [5.41, 5.74) is 5.00. The van der Waals surface area contributed by atoms with Crippen molar-refractivity contribution in [1.82, 2.24) is 10.9 Å². The molecule has 0 heterocycles. The number of amides is 2. The van der Waals surface area contributed by atoms with Crippen LogP contribution in [0.3, 0.4) is 0 Å². The van der Waals surface area contributed by atoms with E-state index >= 15 is 0 Å². The van der Waals surface area contributed by atoms with Crippen LogP contribution in [0.25, 0.3) is 0 Å². The van der Waals surface area contributed by atoms with Gasteiger partial charge in [0.2, 0.25) is 5.91 Å². The molecule has 178 valence electrons. The standard InChI is InChI=1S/C23H28ClN3O5S/c1-32-20-10-6-5-9-19(20)27-33(30,31)21-15-17(12-13-18(21)24)23(29)26-25-22(28)14-11-16-7-3-2-4-8-16/h5-6,9-10,12-13,15-16,27H,2-4,7-8,11,14H2,1H3,(H,25,28)(H,26,29). The summed E-state index contributed by atoms with van der Waals surface area (Å²) in [6.45, 7) is 0. The molecule has 0 spiro atoms. The van der Waals surface area contributed by atoms with Crippen LogP contribution in [-0.4, -0.2) is 27.3 Å². The zero-order valence-corrected chi connectivity index (χ0v) is 20.0. The highest BCUT2D eigenvalue weighted by atomic mass is 35.5. The van der Waals surface area contributed by atoms with E-state index in [1.54, 1.807) is 24.3 Å². The molecule has 0 bridgehead atoms. The molecule has 33 heavy (non-hydrogen) atoms. The number of anilines is 1. The van der Waals surface area contributed by atoms with Gasteiger partial charge in [-0.25, -0.2) is 8.42 Å². The number of hydrogen-bond donors (Lipinski definition) is 3. The first-order valence-electron chi connectivity index (χ1n) is 10.8. The molecule has 10 heteroatoms. The number of benzene rings is 2. The van der Waals surface area contributed by atoms with Crippen LogP contribution in [0.5, 0.6) is 5.75 Å². The summed E-state index contributed by atoms with van der Waals surface area (Å²) in [5.74, 6) is -0.0398. The smallest absolute Gasteiger partial charge is 0.269 e. The van der Waals surface area contributed by atoms with Crippen molar-refractivity contribution >= 4 is 39.1 Å². The Balaban J connectivity index is 1.63. The molecular weight excluding hydrogens is 466 g/mol. The highest BCUT2D eigenvalue weighted by Gasteiger charge is 2.22. The maximum atomic E-state index is 12.9. The monoisotopic (exact) mass is 493 g/mol. The Hall–Kier alpha value is -2.78. The number of para-hydroxylation sites is 2. The summed E-state index contributed by atoms with van der Waals surface area (Å²) in [4.78, 5) is 24.3. The zero-order chi connectivity index (χ0) is 23.8. The lowest BCUT2D eigenvalue weighted by Gasteiger charge is -2.21. The minimum absolute atomic E-state index is 0.0346. The Labute approximate surface area is 199 Å².